The lowest BCUT2D eigenvalue weighted by molar-refractivity contribution is -0.167. The molecule has 0 aliphatic heterocycles. The molecule has 0 fully saturated rings. The van der Waals surface area contributed by atoms with Crippen LogP contribution in [0.1, 0.15) is 342 Å². The number of allylic oxidation sites excluding steroid dienone is 8. The molecule has 0 aromatic heterocycles. The van der Waals surface area contributed by atoms with E-state index in [1.807, 2.05) is 0 Å². The van der Waals surface area contributed by atoms with Crippen LogP contribution in [0.5, 0.6) is 0 Å². The van der Waals surface area contributed by atoms with Crippen molar-refractivity contribution in [1.29, 1.82) is 0 Å². The van der Waals surface area contributed by atoms with E-state index in [-0.39, 0.29) is 31.1 Å². The van der Waals surface area contributed by atoms with Crippen LogP contribution in [0.2, 0.25) is 0 Å². The summed E-state index contributed by atoms with van der Waals surface area (Å²) in [6.07, 6.45) is 77.0. The Morgan fingerprint density at radius 1 is 0.288 bits per heavy atom. The van der Waals surface area contributed by atoms with Crippen molar-refractivity contribution in [3.05, 3.63) is 48.6 Å². The van der Waals surface area contributed by atoms with E-state index in [1.54, 1.807) is 0 Å². The van der Waals surface area contributed by atoms with Crippen molar-refractivity contribution in [2.45, 2.75) is 348 Å². The molecule has 6 heteroatoms. The molecule has 73 heavy (non-hydrogen) atoms. The number of hydrogen-bond acceptors (Lipinski definition) is 6. The molecule has 426 valence electrons. The maximum atomic E-state index is 12.9. The van der Waals surface area contributed by atoms with Crippen molar-refractivity contribution in [2.75, 3.05) is 13.2 Å². The highest BCUT2D eigenvalue weighted by Gasteiger charge is 2.19. The van der Waals surface area contributed by atoms with Gasteiger partial charge in [0.1, 0.15) is 13.2 Å². The molecule has 0 rings (SSSR count). The molecule has 0 heterocycles. The monoisotopic (exact) mass is 1020 g/mol. The summed E-state index contributed by atoms with van der Waals surface area (Å²) in [5, 5.41) is 0. The van der Waals surface area contributed by atoms with E-state index in [0.717, 1.165) is 83.5 Å². The van der Waals surface area contributed by atoms with E-state index in [2.05, 4.69) is 69.4 Å². The molecule has 0 aromatic rings. The second kappa shape index (κ2) is 61.9. The van der Waals surface area contributed by atoms with Gasteiger partial charge in [0.2, 0.25) is 0 Å². The van der Waals surface area contributed by atoms with E-state index in [1.165, 1.54) is 218 Å². The van der Waals surface area contributed by atoms with Crippen LogP contribution in [0, 0.1) is 0 Å². The number of esters is 3. The van der Waals surface area contributed by atoms with Gasteiger partial charge < -0.3 is 14.2 Å². The summed E-state index contributed by atoms with van der Waals surface area (Å²) in [5.41, 5.74) is 0. The van der Waals surface area contributed by atoms with Crippen LogP contribution >= 0.6 is 0 Å². The van der Waals surface area contributed by atoms with Gasteiger partial charge >= 0.3 is 17.9 Å². The molecule has 0 saturated carbocycles. The van der Waals surface area contributed by atoms with Crippen LogP contribution < -0.4 is 0 Å². The van der Waals surface area contributed by atoms with Crippen LogP contribution in [0.4, 0.5) is 0 Å². The van der Waals surface area contributed by atoms with Crippen molar-refractivity contribution < 1.29 is 28.6 Å². The van der Waals surface area contributed by atoms with E-state index in [0.29, 0.717) is 19.3 Å². The minimum Gasteiger partial charge on any atom is -0.462 e. The Morgan fingerprint density at radius 2 is 0.534 bits per heavy atom. The number of ether oxygens (including phenoxy) is 3. The van der Waals surface area contributed by atoms with Gasteiger partial charge in [-0.05, 0) is 57.8 Å². The third kappa shape index (κ3) is 60.1. The molecule has 0 aliphatic rings. The summed E-state index contributed by atoms with van der Waals surface area (Å²) >= 11 is 0. The molecule has 0 bridgehead atoms. The predicted octanol–water partition coefficient (Wildman–Crippen LogP) is 21.8. The molecule has 0 spiro atoms. The molecular weight excluding hydrogens is 901 g/mol. The molecule has 6 nitrogen and oxygen atoms in total. The smallest absolute Gasteiger partial charge is 0.306 e. The lowest BCUT2D eigenvalue weighted by Gasteiger charge is -2.18. The van der Waals surface area contributed by atoms with Gasteiger partial charge in [0.25, 0.3) is 0 Å². The lowest BCUT2D eigenvalue weighted by Crippen LogP contribution is -2.30. The van der Waals surface area contributed by atoms with E-state index in [9.17, 15) is 14.4 Å². The normalized spacial score (nSPS) is 12.3. The van der Waals surface area contributed by atoms with Gasteiger partial charge in [-0.2, -0.15) is 0 Å². The quantitative estimate of drug-likeness (QED) is 0.0261. The van der Waals surface area contributed by atoms with Crippen molar-refractivity contribution in [3.8, 4) is 0 Å². The summed E-state index contributed by atoms with van der Waals surface area (Å²) in [5.74, 6) is -0.844. The predicted molar refractivity (Wildman–Crippen MR) is 316 cm³/mol. The van der Waals surface area contributed by atoms with Gasteiger partial charge in [0.15, 0.2) is 6.10 Å². The first-order valence-electron chi connectivity index (χ1n) is 32.1. The average molecular weight is 1020 g/mol. The molecular formula is C67H122O6. The second-order valence-electron chi connectivity index (χ2n) is 21.7. The van der Waals surface area contributed by atoms with Gasteiger partial charge in [-0.3, -0.25) is 14.4 Å². The highest BCUT2D eigenvalue weighted by atomic mass is 16.6. The fourth-order valence-electron chi connectivity index (χ4n) is 9.56. The van der Waals surface area contributed by atoms with Crippen molar-refractivity contribution in [1.82, 2.24) is 0 Å². The minimum absolute atomic E-state index is 0.0661. The van der Waals surface area contributed by atoms with Crippen molar-refractivity contribution in [3.63, 3.8) is 0 Å². The molecule has 1 unspecified atom stereocenters. The fourth-order valence-corrected chi connectivity index (χ4v) is 9.56. The summed E-state index contributed by atoms with van der Waals surface area (Å²) in [6, 6.07) is 0. The Labute approximate surface area is 454 Å². The summed E-state index contributed by atoms with van der Waals surface area (Å²) in [7, 11) is 0. The molecule has 1 atom stereocenters. The van der Waals surface area contributed by atoms with Crippen LogP contribution in [-0.2, 0) is 28.6 Å². The zero-order chi connectivity index (χ0) is 52.9. The summed E-state index contributed by atoms with van der Waals surface area (Å²) < 4.78 is 16.9. The molecule has 0 saturated heterocycles. The van der Waals surface area contributed by atoms with E-state index < -0.39 is 6.10 Å². The Kier molecular flexibility index (Phi) is 59.7. The summed E-state index contributed by atoms with van der Waals surface area (Å²) in [6.45, 7) is 6.57. The number of unbranched alkanes of at least 4 members (excludes halogenated alkanes) is 40. The maximum Gasteiger partial charge on any atom is 0.306 e. The van der Waals surface area contributed by atoms with Gasteiger partial charge in [-0.25, -0.2) is 0 Å². The number of carbonyl (C=O) groups excluding carboxylic acids is 3. The van der Waals surface area contributed by atoms with Crippen LogP contribution in [0.25, 0.3) is 0 Å². The minimum atomic E-state index is -0.767. The van der Waals surface area contributed by atoms with Gasteiger partial charge in [0, 0.05) is 19.3 Å². The van der Waals surface area contributed by atoms with Gasteiger partial charge in [0.05, 0.1) is 0 Å². The molecule has 0 aromatic carbocycles. The first-order valence-corrected chi connectivity index (χ1v) is 32.1. The van der Waals surface area contributed by atoms with Crippen molar-refractivity contribution >= 4 is 17.9 Å². The topological polar surface area (TPSA) is 78.9 Å². The SMILES string of the molecule is CC/C=C\C/C=C\C/C=C\C/C=C\CCCCCCCCCCCCCCCCCCC(=O)OCC(COC(=O)CCCCCCCCCCCCC)OC(=O)CCCCCCCCCCCCCCCCC. The third-order valence-electron chi connectivity index (χ3n) is 14.3. The highest BCUT2D eigenvalue weighted by molar-refractivity contribution is 5.71. The van der Waals surface area contributed by atoms with E-state index >= 15 is 0 Å². The number of hydrogen-bond donors (Lipinski definition) is 0. The second-order valence-corrected chi connectivity index (χ2v) is 21.7. The van der Waals surface area contributed by atoms with Crippen molar-refractivity contribution in [2.24, 2.45) is 0 Å². The molecule has 0 amide bonds. The van der Waals surface area contributed by atoms with Gasteiger partial charge in [-0.15, -0.1) is 0 Å². The Balaban J connectivity index is 4.13. The maximum absolute atomic E-state index is 12.9. The van der Waals surface area contributed by atoms with Gasteiger partial charge in [-0.1, -0.05) is 313 Å². The Bertz CT molecular complexity index is 1270. The average Bonchev–Trinajstić information content (AvgIpc) is 3.39. The summed E-state index contributed by atoms with van der Waals surface area (Å²) in [4.78, 5) is 38.2. The largest absolute Gasteiger partial charge is 0.462 e. The zero-order valence-electron chi connectivity index (χ0n) is 48.9. The lowest BCUT2D eigenvalue weighted by atomic mass is 10.0. The Hall–Kier alpha value is -2.63. The number of carbonyl (C=O) groups is 3. The van der Waals surface area contributed by atoms with Crippen LogP contribution in [-0.4, -0.2) is 37.2 Å². The molecule has 0 radical (unpaired) electrons. The molecule has 0 aliphatic carbocycles. The standard InChI is InChI=1S/C67H122O6/c1-4-7-10-13-16-19-22-24-26-27-28-29-30-31-32-33-34-35-36-37-38-39-41-42-45-48-51-54-57-60-66(69)72-63-64(62-71-65(68)59-56-53-50-47-44-21-18-15-12-9-6-3)73-67(70)61-58-55-52-49-46-43-40-25-23-20-17-14-11-8-5-2/h7,10,16,19,24,26,28-29,64H,4-6,8-9,11-15,17-18,20-23,25,27,30-63H2,1-3H3/b10-7-,19-16-,26-24-,29-28-. The zero-order valence-corrected chi connectivity index (χ0v) is 48.9. The fraction of sp³-hybridized carbons (Fsp3) is 0.836. The van der Waals surface area contributed by atoms with Crippen LogP contribution in [0.3, 0.4) is 0 Å². The first-order chi connectivity index (χ1) is 36.0. The van der Waals surface area contributed by atoms with Crippen LogP contribution in [0.15, 0.2) is 48.6 Å². The number of rotatable bonds is 59. The first kappa shape index (κ1) is 70.4. The molecule has 0 N–H and O–H groups in total. The third-order valence-corrected chi connectivity index (χ3v) is 14.3. The highest BCUT2D eigenvalue weighted by Crippen LogP contribution is 2.18. The Morgan fingerprint density at radius 3 is 0.836 bits per heavy atom. The van der Waals surface area contributed by atoms with E-state index in [4.69, 9.17) is 14.2 Å².